The second kappa shape index (κ2) is 5.33. The first-order valence-electron chi connectivity index (χ1n) is 9.62. The number of Topliss-reactive ketones (excluding diaryl/α,β-unsaturated/α-hetero) is 1. The third-order valence-corrected chi connectivity index (χ3v) is 7.09. The molecule has 2 aliphatic heterocycles. The molecule has 4 atom stereocenters. The van der Waals surface area contributed by atoms with Crippen LogP contribution in [0, 0.1) is 0 Å². The minimum Gasteiger partial charge on any atom is -0.504 e. The first-order chi connectivity index (χ1) is 12.6. The summed E-state index contributed by atoms with van der Waals surface area (Å²) in [6.45, 7) is 8.26. The molecule has 0 aromatic heterocycles. The van der Waals surface area contributed by atoms with Gasteiger partial charge in [0.15, 0.2) is 23.4 Å². The number of aromatic hydroxyl groups is 1. The highest BCUT2D eigenvalue weighted by Crippen LogP contribution is 2.65. The highest BCUT2D eigenvalue weighted by Gasteiger charge is 2.74. The standard InChI is InChI=1S/C21H25NO4/c1-3-10-22-11-9-20-17-13-5-6-14(23)18(17)26-19(20)15(24)7-8-21(20,25-4-2)16(22)12-13/h3,5-6,16,19,23H,1,4,7-12H2,2H3/t16-,19+,20+,21-/m1/s1. The number of ketones is 1. The van der Waals surface area contributed by atoms with Crippen LogP contribution in [0.25, 0.3) is 0 Å². The summed E-state index contributed by atoms with van der Waals surface area (Å²) in [4.78, 5) is 15.3. The van der Waals surface area contributed by atoms with Gasteiger partial charge in [-0.05, 0) is 37.8 Å². The molecule has 4 aliphatic rings. The lowest BCUT2D eigenvalue weighted by Crippen LogP contribution is -2.77. The van der Waals surface area contributed by atoms with Gasteiger partial charge in [-0.2, -0.15) is 0 Å². The smallest absolute Gasteiger partial charge is 0.174 e. The molecule has 0 radical (unpaired) electrons. The predicted molar refractivity (Wildman–Crippen MR) is 96.7 cm³/mol. The summed E-state index contributed by atoms with van der Waals surface area (Å²) in [5.41, 5.74) is 1.29. The summed E-state index contributed by atoms with van der Waals surface area (Å²) >= 11 is 0. The molecule has 5 rings (SSSR count). The van der Waals surface area contributed by atoms with Crippen LogP contribution in [0.4, 0.5) is 0 Å². The van der Waals surface area contributed by atoms with E-state index < -0.39 is 17.1 Å². The van der Waals surface area contributed by atoms with E-state index in [9.17, 15) is 9.90 Å². The largest absolute Gasteiger partial charge is 0.504 e. The maximum Gasteiger partial charge on any atom is 0.174 e. The zero-order chi connectivity index (χ0) is 18.1. The van der Waals surface area contributed by atoms with Crippen LogP contribution in [0.15, 0.2) is 24.8 Å². The van der Waals surface area contributed by atoms with E-state index in [1.54, 1.807) is 6.07 Å². The average Bonchev–Trinajstić information content (AvgIpc) is 2.98. The van der Waals surface area contributed by atoms with E-state index in [1.165, 1.54) is 5.56 Å². The molecule has 1 aromatic rings. The zero-order valence-electron chi connectivity index (χ0n) is 15.2. The number of benzene rings is 1. The van der Waals surface area contributed by atoms with E-state index >= 15 is 0 Å². The first kappa shape index (κ1) is 16.3. The van der Waals surface area contributed by atoms with E-state index in [0.29, 0.717) is 25.2 Å². The van der Waals surface area contributed by atoms with Gasteiger partial charge in [0, 0.05) is 37.7 Å². The van der Waals surface area contributed by atoms with E-state index in [2.05, 4.69) is 11.5 Å². The second-order valence-electron chi connectivity index (χ2n) is 7.96. The van der Waals surface area contributed by atoms with Crippen LogP contribution in [0.2, 0.25) is 0 Å². The molecule has 0 unspecified atom stereocenters. The van der Waals surface area contributed by atoms with Crippen molar-refractivity contribution in [3.8, 4) is 11.5 Å². The Labute approximate surface area is 153 Å². The molecule has 2 heterocycles. The highest BCUT2D eigenvalue weighted by molar-refractivity contribution is 5.90. The number of hydrogen-bond donors (Lipinski definition) is 1. The third-order valence-electron chi connectivity index (χ3n) is 7.09. The zero-order valence-corrected chi connectivity index (χ0v) is 15.2. The van der Waals surface area contributed by atoms with Crippen LogP contribution in [-0.4, -0.2) is 53.2 Å². The minimum absolute atomic E-state index is 0.137. The maximum absolute atomic E-state index is 12.9. The Morgan fingerprint density at radius 2 is 2.31 bits per heavy atom. The van der Waals surface area contributed by atoms with Crippen molar-refractivity contribution in [1.82, 2.24) is 4.90 Å². The molecule has 0 amide bonds. The predicted octanol–water partition coefficient (Wildman–Crippen LogP) is 2.35. The van der Waals surface area contributed by atoms with Gasteiger partial charge in [-0.15, -0.1) is 6.58 Å². The Bertz CT molecular complexity index is 805. The number of phenols is 1. The number of carbonyl (C=O) groups excluding carboxylic acids is 1. The number of likely N-dealkylation sites (tertiary alicyclic amines) is 1. The molecule has 1 N–H and O–H groups in total. The molecule has 1 saturated carbocycles. The Kier molecular flexibility index (Phi) is 3.35. The second-order valence-corrected chi connectivity index (χ2v) is 7.96. The number of phenolic OH excluding ortho intramolecular Hbond substituents is 1. The van der Waals surface area contributed by atoms with Crippen molar-refractivity contribution in [2.75, 3.05) is 19.7 Å². The van der Waals surface area contributed by atoms with E-state index in [0.717, 1.165) is 31.5 Å². The van der Waals surface area contributed by atoms with Gasteiger partial charge >= 0.3 is 0 Å². The van der Waals surface area contributed by atoms with Gasteiger partial charge in [0.1, 0.15) is 0 Å². The molecule has 1 aromatic carbocycles. The number of ether oxygens (including phenoxy) is 2. The number of hydrogen-bond acceptors (Lipinski definition) is 5. The maximum atomic E-state index is 12.9. The van der Waals surface area contributed by atoms with E-state index in [4.69, 9.17) is 9.47 Å². The van der Waals surface area contributed by atoms with Crippen LogP contribution in [0.3, 0.4) is 0 Å². The van der Waals surface area contributed by atoms with E-state index in [1.807, 2.05) is 19.1 Å². The van der Waals surface area contributed by atoms with Gasteiger partial charge in [-0.25, -0.2) is 0 Å². The van der Waals surface area contributed by atoms with Crippen molar-refractivity contribution in [3.05, 3.63) is 35.9 Å². The van der Waals surface area contributed by atoms with Crippen molar-refractivity contribution >= 4 is 5.78 Å². The van der Waals surface area contributed by atoms with Gasteiger partial charge in [-0.3, -0.25) is 9.69 Å². The first-order valence-corrected chi connectivity index (χ1v) is 9.62. The molecular weight excluding hydrogens is 330 g/mol. The Balaban J connectivity index is 1.80. The van der Waals surface area contributed by atoms with Crippen molar-refractivity contribution < 1.29 is 19.4 Å². The van der Waals surface area contributed by atoms with Gasteiger partial charge in [0.05, 0.1) is 11.0 Å². The number of nitrogens with zero attached hydrogens (tertiary/aromatic N) is 1. The van der Waals surface area contributed by atoms with Gasteiger partial charge < -0.3 is 14.6 Å². The van der Waals surface area contributed by atoms with Crippen LogP contribution in [0.5, 0.6) is 11.5 Å². The van der Waals surface area contributed by atoms with Crippen molar-refractivity contribution in [3.63, 3.8) is 0 Å². The van der Waals surface area contributed by atoms with Gasteiger partial charge in [-0.1, -0.05) is 12.1 Å². The monoisotopic (exact) mass is 355 g/mol. The Morgan fingerprint density at radius 1 is 1.46 bits per heavy atom. The fraction of sp³-hybridized carbons (Fsp3) is 0.571. The summed E-state index contributed by atoms with van der Waals surface area (Å²) in [7, 11) is 0. The third kappa shape index (κ3) is 1.66. The molecule has 1 spiro atoms. The lowest BCUT2D eigenvalue weighted by atomic mass is 9.48. The minimum atomic E-state index is -0.543. The summed E-state index contributed by atoms with van der Waals surface area (Å²) in [6.07, 6.45) is 4.24. The van der Waals surface area contributed by atoms with Crippen molar-refractivity contribution in [2.45, 2.75) is 55.8 Å². The highest BCUT2D eigenvalue weighted by atomic mass is 16.5. The fourth-order valence-corrected chi connectivity index (χ4v) is 6.32. The Morgan fingerprint density at radius 3 is 3.08 bits per heavy atom. The summed E-state index contributed by atoms with van der Waals surface area (Å²) in [5.74, 6) is 0.792. The molecule has 2 aliphatic carbocycles. The van der Waals surface area contributed by atoms with Crippen LogP contribution in [0.1, 0.15) is 37.3 Å². The number of carbonyl (C=O) groups is 1. The summed E-state index contributed by atoms with van der Waals surface area (Å²) in [6, 6.07) is 3.89. The molecule has 26 heavy (non-hydrogen) atoms. The van der Waals surface area contributed by atoms with Crippen molar-refractivity contribution in [1.29, 1.82) is 0 Å². The molecule has 1 saturated heterocycles. The number of rotatable bonds is 4. The van der Waals surface area contributed by atoms with Crippen LogP contribution in [-0.2, 0) is 21.4 Å². The van der Waals surface area contributed by atoms with E-state index in [-0.39, 0.29) is 17.6 Å². The lowest BCUT2D eigenvalue weighted by molar-refractivity contribution is -0.210. The lowest BCUT2D eigenvalue weighted by Gasteiger charge is -2.64. The molecule has 138 valence electrons. The number of piperidine rings is 1. The summed E-state index contributed by atoms with van der Waals surface area (Å²) in [5, 5.41) is 10.4. The van der Waals surface area contributed by atoms with Crippen molar-refractivity contribution in [2.24, 2.45) is 0 Å². The SMILES string of the molecule is C=CCN1CC[C@]23c4c5ccc(O)c4O[C@H]2C(=O)CC[C@@]3(OCC)[C@H]1C5. The van der Waals surface area contributed by atoms with Crippen LogP contribution < -0.4 is 4.74 Å². The molecular formula is C21H25NO4. The van der Waals surface area contributed by atoms with Gasteiger partial charge in [0.2, 0.25) is 0 Å². The van der Waals surface area contributed by atoms with Crippen LogP contribution >= 0.6 is 0 Å². The fourth-order valence-electron chi connectivity index (χ4n) is 6.32. The average molecular weight is 355 g/mol. The molecule has 5 heteroatoms. The summed E-state index contributed by atoms with van der Waals surface area (Å²) < 4.78 is 12.7. The molecule has 2 bridgehead atoms. The normalized spacial score (nSPS) is 37.2. The quantitative estimate of drug-likeness (QED) is 0.840. The van der Waals surface area contributed by atoms with Gasteiger partial charge in [0.25, 0.3) is 0 Å². The molecule has 5 nitrogen and oxygen atoms in total. The topological polar surface area (TPSA) is 59.0 Å². The molecule has 2 fully saturated rings. The Hall–Kier alpha value is -1.85.